The molecule has 0 aliphatic heterocycles. The molecule has 0 radical (unpaired) electrons. The summed E-state index contributed by atoms with van der Waals surface area (Å²) in [5.41, 5.74) is 6.46. The van der Waals surface area contributed by atoms with Crippen molar-refractivity contribution in [2.75, 3.05) is 5.73 Å². The maximum absolute atomic E-state index is 10.6. The molecule has 2 aromatic rings. The van der Waals surface area contributed by atoms with Crippen LogP contribution >= 0.6 is 11.3 Å². The van der Waals surface area contributed by atoms with Gasteiger partial charge >= 0.3 is 5.69 Å². The molecule has 0 bridgehead atoms. The van der Waals surface area contributed by atoms with E-state index < -0.39 is 4.92 Å². The van der Waals surface area contributed by atoms with Gasteiger partial charge in [-0.05, 0) is 13.0 Å². The van der Waals surface area contributed by atoms with E-state index in [0.29, 0.717) is 4.70 Å². The van der Waals surface area contributed by atoms with Gasteiger partial charge in [0.2, 0.25) is 0 Å². The summed E-state index contributed by atoms with van der Waals surface area (Å²) in [7, 11) is 0. The molecule has 0 unspecified atom stereocenters. The lowest BCUT2D eigenvalue weighted by atomic mass is 10.3. The van der Waals surface area contributed by atoms with Crippen molar-refractivity contribution in [3.05, 3.63) is 27.3 Å². The summed E-state index contributed by atoms with van der Waals surface area (Å²) in [5, 5.41) is 10.6. The molecule has 0 saturated carbocycles. The zero-order valence-corrected chi connectivity index (χ0v) is 8.17. The van der Waals surface area contributed by atoms with E-state index in [1.807, 2.05) is 13.0 Å². The number of aryl methyl sites for hydroxylation is 1. The van der Waals surface area contributed by atoms with E-state index in [9.17, 15) is 10.1 Å². The summed E-state index contributed by atoms with van der Waals surface area (Å²) in [6.07, 6.45) is 1.20. The minimum Gasteiger partial charge on any atom is -0.392 e. The largest absolute Gasteiger partial charge is 0.392 e. The summed E-state index contributed by atoms with van der Waals surface area (Å²) < 4.78 is 0.691. The Kier molecular flexibility index (Phi) is 1.85. The van der Waals surface area contributed by atoms with E-state index in [1.165, 1.54) is 17.5 Å². The second kappa shape index (κ2) is 2.91. The van der Waals surface area contributed by atoms with Gasteiger partial charge in [0.25, 0.3) is 0 Å². The van der Waals surface area contributed by atoms with Crippen LogP contribution in [0.25, 0.3) is 10.2 Å². The van der Waals surface area contributed by atoms with E-state index in [2.05, 4.69) is 4.98 Å². The van der Waals surface area contributed by atoms with Crippen LogP contribution in [0.1, 0.15) is 4.88 Å². The Morgan fingerprint density at radius 1 is 1.64 bits per heavy atom. The Balaban J connectivity index is 2.80. The van der Waals surface area contributed by atoms with Crippen LogP contribution in [0.3, 0.4) is 0 Å². The molecule has 0 amide bonds. The first kappa shape index (κ1) is 8.89. The van der Waals surface area contributed by atoms with Crippen molar-refractivity contribution in [1.29, 1.82) is 0 Å². The van der Waals surface area contributed by atoms with Crippen molar-refractivity contribution in [3.63, 3.8) is 0 Å². The van der Waals surface area contributed by atoms with Gasteiger partial charge in [-0.15, -0.1) is 11.3 Å². The first-order valence-electron chi connectivity index (χ1n) is 3.88. The van der Waals surface area contributed by atoms with Gasteiger partial charge in [0, 0.05) is 4.88 Å². The average Bonchev–Trinajstić information content (AvgIpc) is 2.46. The summed E-state index contributed by atoms with van der Waals surface area (Å²) in [5.74, 6) is 0. The van der Waals surface area contributed by atoms with Gasteiger partial charge in [0.1, 0.15) is 11.9 Å². The highest BCUT2D eigenvalue weighted by Crippen LogP contribution is 2.33. The number of rotatable bonds is 1. The van der Waals surface area contributed by atoms with Crippen LogP contribution in [0.15, 0.2) is 12.3 Å². The fourth-order valence-corrected chi connectivity index (χ4v) is 2.17. The number of nitrogens with two attached hydrogens (primary N) is 1. The zero-order valence-electron chi connectivity index (χ0n) is 7.35. The Labute approximate surface area is 83.3 Å². The van der Waals surface area contributed by atoms with E-state index in [-0.39, 0.29) is 11.4 Å². The zero-order chi connectivity index (χ0) is 10.3. The predicted octanol–water partition coefficient (Wildman–Crippen LogP) is 2.10. The lowest BCUT2D eigenvalue weighted by Crippen LogP contribution is -1.96. The first-order chi connectivity index (χ1) is 6.59. The van der Waals surface area contributed by atoms with Gasteiger partial charge in [0.05, 0.1) is 15.1 Å². The molecule has 2 heterocycles. The Bertz CT molecular complexity index is 521. The van der Waals surface area contributed by atoms with Crippen LogP contribution in [0.4, 0.5) is 11.4 Å². The van der Waals surface area contributed by atoms with Crippen molar-refractivity contribution in [2.45, 2.75) is 6.92 Å². The van der Waals surface area contributed by atoms with Crippen LogP contribution in [-0.4, -0.2) is 9.91 Å². The third-order valence-corrected chi connectivity index (χ3v) is 2.95. The first-order valence-corrected chi connectivity index (χ1v) is 4.70. The molecule has 72 valence electrons. The number of hydrogen-bond donors (Lipinski definition) is 1. The van der Waals surface area contributed by atoms with Crippen LogP contribution in [0, 0.1) is 17.0 Å². The minimum atomic E-state index is -0.517. The molecule has 2 aromatic heterocycles. The van der Waals surface area contributed by atoms with Gasteiger partial charge in [-0.25, -0.2) is 4.98 Å². The number of pyridine rings is 1. The highest BCUT2D eigenvalue weighted by atomic mass is 32.1. The molecule has 0 aromatic carbocycles. The van der Waals surface area contributed by atoms with Gasteiger partial charge in [0.15, 0.2) is 0 Å². The molecule has 0 atom stereocenters. The molecule has 0 aliphatic rings. The smallest absolute Gasteiger partial charge is 0.311 e. The third kappa shape index (κ3) is 1.20. The second-order valence-corrected chi connectivity index (χ2v) is 4.14. The summed E-state index contributed by atoms with van der Waals surface area (Å²) in [4.78, 5) is 15.1. The molecule has 0 fully saturated rings. The summed E-state index contributed by atoms with van der Waals surface area (Å²) >= 11 is 1.42. The second-order valence-electron chi connectivity index (χ2n) is 2.89. The van der Waals surface area contributed by atoms with Crippen molar-refractivity contribution in [3.8, 4) is 0 Å². The Hall–Kier alpha value is -1.69. The quantitative estimate of drug-likeness (QED) is 0.575. The summed E-state index contributed by atoms with van der Waals surface area (Å²) in [6.45, 7) is 1.91. The maximum atomic E-state index is 10.6. The molecule has 5 nitrogen and oxygen atoms in total. The van der Waals surface area contributed by atoms with E-state index >= 15 is 0 Å². The Morgan fingerprint density at radius 2 is 2.36 bits per heavy atom. The SMILES string of the molecule is Cc1cc2ncc([N+](=O)[O-])c(N)c2s1. The van der Waals surface area contributed by atoms with Gasteiger partial charge in [-0.3, -0.25) is 10.1 Å². The Morgan fingerprint density at radius 3 is 3.00 bits per heavy atom. The number of anilines is 1. The lowest BCUT2D eigenvalue weighted by molar-refractivity contribution is -0.384. The molecule has 0 saturated heterocycles. The number of nitro groups is 1. The fraction of sp³-hybridized carbons (Fsp3) is 0.125. The monoisotopic (exact) mass is 209 g/mol. The standard InChI is InChI=1S/C8H7N3O2S/c1-4-2-5-8(14-4)7(9)6(3-10-5)11(12)13/h2-3H,1H3,(H2,9,10). The average molecular weight is 209 g/mol. The van der Waals surface area contributed by atoms with E-state index in [1.54, 1.807) is 0 Å². The van der Waals surface area contributed by atoms with Crippen molar-refractivity contribution < 1.29 is 4.92 Å². The summed E-state index contributed by atoms with van der Waals surface area (Å²) in [6, 6.07) is 1.86. The molecular formula is C8H7N3O2S. The molecule has 2 N–H and O–H groups in total. The number of fused-ring (bicyclic) bond motifs is 1. The maximum Gasteiger partial charge on any atom is 0.311 e. The molecule has 0 spiro atoms. The van der Waals surface area contributed by atoms with Gasteiger partial charge in [-0.2, -0.15) is 0 Å². The topological polar surface area (TPSA) is 82.0 Å². The minimum absolute atomic E-state index is 0.126. The van der Waals surface area contributed by atoms with Crippen molar-refractivity contribution in [1.82, 2.24) is 4.98 Å². The van der Waals surface area contributed by atoms with Crippen molar-refractivity contribution in [2.24, 2.45) is 0 Å². The van der Waals surface area contributed by atoms with Crippen LogP contribution in [0.2, 0.25) is 0 Å². The molecular weight excluding hydrogens is 202 g/mol. The van der Waals surface area contributed by atoms with Crippen LogP contribution < -0.4 is 5.73 Å². The third-order valence-electron chi connectivity index (χ3n) is 1.88. The van der Waals surface area contributed by atoms with Gasteiger partial charge < -0.3 is 5.73 Å². The van der Waals surface area contributed by atoms with E-state index in [4.69, 9.17) is 5.73 Å². The number of thiophene rings is 1. The van der Waals surface area contributed by atoms with Crippen molar-refractivity contribution >= 4 is 32.9 Å². The van der Waals surface area contributed by atoms with E-state index in [0.717, 1.165) is 10.4 Å². The molecule has 6 heteroatoms. The van der Waals surface area contributed by atoms with Crippen LogP contribution in [-0.2, 0) is 0 Å². The normalized spacial score (nSPS) is 10.6. The fourth-order valence-electron chi connectivity index (χ4n) is 1.25. The highest BCUT2D eigenvalue weighted by Gasteiger charge is 2.16. The highest BCUT2D eigenvalue weighted by molar-refractivity contribution is 7.19. The lowest BCUT2D eigenvalue weighted by Gasteiger charge is -1.96. The number of hydrogen-bond acceptors (Lipinski definition) is 5. The molecule has 0 aliphatic carbocycles. The molecule has 14 heavy (non-hydrogen) atoms. The van der Waals surface area contributed by atoms with Crippen LogP contribution in [0.5, 0.6) is 0 Å². The predicted molar refractivity (Wildman–Crippen MR) is 55.4 cm³/mol. The number of nitrogen functional groups attached to an aromatic ring is 1. The number of nitrogens with zero attached hydrogens (tertiary/aromatic N) is 2. The van der Waals surface area contributed by atoms with Gasteiger partial charge in [-0.1, -0.05) is 0 Å². The molecule has 2 rings (SSSR count). The number of aromatic nitrogens is 1.